The SMILES string of the molecule is COC(=O)C(O)c1c(-c2ccc3c(c2)CCCO3)c(-c2ccsc2)nn1C. The molecule has 1 N–H and O–H groups in total. The van der Waals surface area contributed by atoms with Crippen LogP contribution >= 0.6 is 11.3 Å². The molecule has 0 radical (unpaired) electrons. The smallest absolute Gasteiger partial charge is 0.341 e. The molecule has 4 rings (SSSR count). The molecule has 0 spiro atoms. The number of carbonyl (C=O) groups is 1. The number of benzene rings is 1. The van der Waals surface area contributed by atoms with Crippen molar-refractivity contribution in [2.75, 3.05) is 13.7 Å². The van der Waals surface area contributed by atoms with Crippen molar-refractivity contribution in [3.8, 4) is 28.1 Å². The molecule has 0 aliphatic carbocycles. The van der Waals surface area contributed by atoms with Gasteiger partial charge in [0.15, 0.2) is 6.10 Å². The number of ether oxygens (including phenoxy) is 2. The Hall–Kier alpha value is -2.64. The van der Waals surface area contributed by atoms with Crippen LogP contribution in [0, 0.1) is 0 Å². The van der Waals surface area contributed by atoms with E-state index >= 15 is 0 Å². The van der Waals surface area contributed by atoms with Gasteiger partial charge in [-0.25, -0.2) is 4.79 Å². The number of aliphatic hydroxyl groups excluding tert-OH is 1. The summed E-state index contributed by atoms with van der Waals surface area (Å²) in [6.45, 7) is 0.728. The molecule has 0 saturated carbocycles. The van der Waals surface area contributed by atoms with Crippen LogP contribution in [0.5, 0.6) is 5.75 Å². The number of fused-ring (bicyclic) bond motifs is 1. The van der Waals surface area contributed by atoms with E-state index in [4.69, 9.17) is 9.47 Å². The first-order chi connectivity index (χ1) is 13.1. The summed E-state index contributed by atoms with van der Waals surface area (Å²) in [4.78, 5) is 12.0. The zero-order valence-electron chi connectivity index (χ0n) is 15.1. The standard InChI is InChI=1S/C20H20N2O4S/c1-22-18(19(23)20(24)25-2)16(17(21-22)14-7-9-27-11-14)13-5-6-15-12(10-13)4-3-8-26-15/h5-7,9-11,19,23H,3-4,8H2,1-2H3. The molecule has 1 aliphatic heterocycles. The van der Waals surface area contributed by atoms with E-state index in [9.17, 15) is 9.90 Å². The molecule has 6 nitrogen and oxygen atoms in total. The summed E-state index contributed by atoms with van der Waals surface area (Å²) in [6.07, 6.45) is 0.493. The minimum atomic E-state index is -1.41. The van der Waals surface area contributed by atoms with Gasteiger partial charge < -0.3 is 14.6 Å². The normalized spacial score (nSPS) is 14.3. The van der Waals surface area contributed by atoms with E-state index < -0.39 is 12.1 Å². The van der Waals surface area contributed by atoms with Crippen LogP contribution in [0.25, 0.3) is 22.4 Å². The van der Waals surface area contributed by atoms with Crippen molar-refractivity contribution in [2.45, 2.75) is 18.9 Å². The summed E-state index contributed by atoms with van der Waals surface area (Å²) in [6, 6.07) is 7.94. The predicted octanol–water partition coefficient (Wildman–Crippen LogP) is 3.35. The summed E-state index contributed by atoms with van der Waals surface area (Å²) in [5.41, 5.74) is 4.85. The van der Waals surface area contributed by atoms with E-state index in [-0.39, 0.29) is 0 Å². The molecule has 140 valence electrons. The highest BCUT2D eigenvalue weighted by atomic mass is 32.1. The lowest BCUT2D eigenvalue weighted by atomic mass is 9.94. The third kappa shape index (κ3) is 3.13. The second-order valence-electron chi connectivity index (χ2n) is 6.44. The summed E-state index contributed by atoms with van der Waals surface area (Å²) in [5.74, 6) is 0.179. The van der Waals surface area contributed by atoms with Gasteiger partial charge in [-0.05, 0) is 47.5 Å². The Morgan fingerprint density at radius 1 is 1.37 bits per heavy atom. The van der Waals surface area contributed by atoms with Crippen molar-refractivity contribution < 1.29 is 19.4 Å². The number of hydrogen-bond donors (Lipinski definition) is 1. The van der Waals surface area contributed by atoms with Crippen LogP contribution in [0.15, 0.2) is 35.0 Å². The van der Waals surface area contributed by atoms with Gasteiger partial charge in [0.05, 0.1) is 19.4 Å². The van der Waals surface area contributed by atoms with Crippen LogP contribution < -0.4 is 4.74 Å². The third-order valence-corrected chi connectivity index (χ3v) is 5.45. The average Bonchev–Trinajstić information content (AvgIpc) is 3.34. The van der Waals surface area contributed by atoms with Crippen molar-refractivity contribution in [3.63, 3.8) is 0 Å². The molecule has 7 heteroatoms. The molecule has 27 heavy (non-hydrogen) atoms. The van der Waals surface area contributed by atoms with Gasteiger partial charge in [-0.3, -0.25) is 4.68 Å². The second-order valence-corrected chi connectivity index (χ2v) is 7.22. The molecule has 2 aromatic heterocycles. The highest BCUT2D eigenvalue weighted by Gasteiger charge is 2.30. The summed E-state index contributed by atoms with van der Waals surface area (Å²) >= 11 is 1.57. The maximum absolute atomic E-state index is 12.0. The Kier molecular flexibility index (Phi) is 4.72. The molecular formula is C20H20N2O4S. The van der Waals surface area contributed by atoms with Crippen LogP contribution in [0.2, 0.25) is 0 Å². The third-order valence-electron chi connectivity index (χ3n) is 4.77. The molecule has 1 unspecified atom stereocenters. The monoisotopic (exact) mass is 384 g/mol. The van der Waals surface area contributed by atoms with Crippen molar-refractivity contribution >= 4 is 17.3 Å². The molecule has 3 aromatic rings. The Morgan fingerprint density at radius 3 is 2.96 bits per heavy atom. The van der Waals surface area contributed by atoms with Crippen molar-refractivity contribution in [1.82, 2.24) is 9.78 Å². The van der Waals surface area contributed by atoms with Crippen LogP contribution in [-0.2, 0) is 23.0 Å². The average molecular weight is 384 g/mol. The number of aryl methyl sites for hydroxylation is 2. The van der Waals surface area contributed by atoms with Gasteiger partial charge in [0, 0.05) is 23.6 Å². The number of nitrogens with zero attached hydrogens (tertiary/aromatic N) is 2. The minimum absolute atomic E-state index is 0.416. The van der Waals surface area contributed by atoms with E-state index in [2.05, 4.69) is 11.2 Å². The Morgan fingerprint density at radius 2 is 2.22 bits per heavy atom. The first kappa shape index (κ1) is 17.8. The van der Waals surface area contributed by atoms with Crippen molar-refractivity contribution in [2.24, 2.45) is 7.05 Å². The van der Waals surface area contributed by atoms with E-state index in [1.165, 1.54) is 7.11 Å². The second kappa shape index (κ2) is 7.17. The highest BCUT2D eigenvalue weighted by molar-refractivity contribution is 7.08. The summed E-state index contributed by atoms with van der Waals surface area (Å²) in [7, 11) is 2.99. The zero-order chi connectivity index (χ0) is 19.0. The molecule has 0 fully saturated rings. The maximum Gasteiger partial charge on any atom is 0.341 e. The number of rotatable bonds is 4. The maximum atomic E-state index is 12.0. The number of methoxy groups -OCH3 is 1. The lowest BCUT2D eigenvalue weighted by Crippen LogP contribution is -2.17. The molecule has 1 atom stereocenters. The number of esters is 1. The zero-order valence-corrected chi connectivity index (χ0v) is 16.0. The first-order valence-electron chi connectivity index (χ1n) is 8.71. The van der Waals surface area contributed by atoms with Gasteiger partial charge >= 0.3 is 5.97 Å². The largest absolute Gasteiger partial charge is 0.493 e. The Bertz CT molecular complexity index is 978. The molecule has 1 aliphatic rings. The first-order valence-corrected chi connectivity index (χ1v) is 9.66. The fourth-order valence-corrected chi connectivity index (χ4v) is 4.12. The van der Waals surface area contributed by atoms with E-state index in [1.54, 1.807) is 23.1 Å². The van der Waals surface area contributed by atoms with Gasteiger partial charge in [-0.2, -0.15) is 16.4 Å². The molecule has 1 aromatic carbocycles. The van der Waals surface area contributed by atoms with E-state index in [1.807, 2.05) is 29.0 Å². The molecule has 0 amide bonds. The topological polar surface area (TPSA) is 73.6 Å². The van der Waals surface area contributed by atoms with E-state index in [0.717, 1.165) is 53.1 Å². The lowest BCUT2D eigenvalue weighted by Gasteiger charge is -2.19. The molecular weight excluding hydrogens is 364 g/mol. The number of hydrogen-bond acceptors (Lipinski definition) is 6. The Labute approximate surface area is 161 Å². The predicted molar refractivity (Wildman–Crippen MR) is 103 cm³/mol. The quantitative estimate of drug-likeness (QED) is 0.699. The summed E-state index contributed by atoms with van der Waals surface area (Å²) in [5, 5.41) is 19.2. The lowest BCUT2D eigenvalue weighted by molar-refractivity contribution is -0.151. The number of aliphatic hydroxyl groups is 1. The van der Waals surface area contributed by atoms with Crippen LogP contribution in [0.3, 0.4) is 0 Å². The van der Waals surface area contributed by atoms with E-state index in [0.29, 0.717) is 5.69 Å². The number of carbonyl (C=O) groups excluding carboxylic acids is 1. The number of aromatic nitrogens is 2. The van der Waals surface area contributed by atoms with Crippen molar-refractivity contribution in [1.29, 1.82) is 0 Å². The Balaban J connectivity index is 1.93. The molecule has 0 bridgehead atoms. The van der Waals surface area contributed by atoms with Gasteiger partial charge in [0.2, 0.25) is 0 Å². The molecule has 0 saturated heterocycles. The number of thiophene rings is 1. The fourth-order valence-electron chi connectivity index (χ4n) is 3.48. The van der Waals surface area contributed by atoms with Crippen LogP contribution in [0.1, 0.15) is 23.8 Å². The fraction of sp³-hybridized carbons (Fsp3) is 0.300. The van der Waals surface area contributed by atoms with Gasteiger partial charge in [-0.15, -0.1) is 0 Å². The minimum Gasteiger partial charge on any atom is -0.493 e. The van der Waals surface area contributed by atoms with Crippen LogP contribution in [-0.4, -0.2) is 34.6 Å². The van der Waals surface area contributed by atoms with Gasteiger partial charge in [0.25, 0.3) is 0 Å². The highest BCUT2D eigenvalue weighted by Crippen LogP contribution is 2.40. The molecule has 3 heterocycles. The van der Waals surface area contributed by atoms with Crippen molar-refractivity contribution in [3.05, 3.63) is 46.3 Å². The van der Waals surface area contributed by atoms with Gasteiger partial charge in [-0.1, -0.05) is 6.07 Å². The summed E-state index contributed by atoms with van der Waals surface area (Å²) < 4.78 is 12.0. The van der Waals surface area contributed by atoms with Crippen LogP contribution in [0.4, 0.5) is 0 Å². The van der Waals surface area contributed by atoms with Gasteiger partial charge in [0.1, 0.15) is 11.4 Å².